The monoisotopic (exact) mass is 218 g/mol. The van der Waals surface area contributed by atoms with Crippen molar-refractivity contribution in [1.82, 2.24) is 0 Å². The highest BCUT2D eigenvalue weighted by atomic mass is 32.2. The van der Waals surface area contributed by atoms with E-state index in [1.165, 1.54) is 0 Å². The van der Waals surface area contributed by atoms with Crippen LogP contribution in [0.4, 0.5) is 0 Å². The van der Waals surface area contributed by atoms with Gasteiger partial charge in [0.1, 0.15) is 0 Å². The van der Waals surface area contributed by atoms with Gasteiger partial charge in [-0.3, -0.25) is 4.79 Å². The smallest absolute Gasteiger partial charge is 0.312 e. The molecule has 3 nitrogen and oxygen atoms in total. The van der Waals surface area contributed by atoms with Gasteiger partial charge in [0.25, 0.3) is 0 Å². The normalized spacial score (nSPS) is 32.0. The Morgan fingerprint density at radius 2 is 2.43 bits per heavy atom. The summed E-state index contributed by atoms with van der Waals surface area (Å²) in [6.07, 6.45) is 4.27. The van der Waals surface area contributed by atoms with Crippen LogP contribution >= 0.6 is 11.8 Å². The predicted octanol–water partition coefficient (Wildman–Crippen LogP) is 2.01. The molecule has 0 aromatic rings. The summed E-state index contributed by atoms with van der Waals surface area (Å²) in [5.41, 5.74) is -0.615. The number of carbonyl (C=O) groups is 1. The third-order valence-electron chi connectivity index (χ3n) is 3.09. The molecule has 0 spiro atoms. The van der Waals surface area contributed by atoms with Crippen molar-refractivity contribution in [1.29, 1.82) is 0 Å². The standard InChI is InChI=1S/C10H18O3S/c1-8-10(9(11)12,5-6-13-8)4-3-7-14-2/h8H,3-7H2,1-2H3,(H,11,12). The van der Waals surface area contributed by atoms with Crippen LogP contribution in [0.1, 0.15) is 26.2 Å². The SMILES string of the molecule is CSCCCC1(C(=O)O)CCOC1C. The Balaban J connectivity index is 2.58. The lowest BCUT2D eigenvalue weighted by Crippen LogP contribution is -2.37. The van der Waals surface area contributed by atoms with Gasteiger partial charge in [-0.2, -0.15) is 11.8 Å². The Morgan fingerprint density at radius 1 is 1.71 bits per heavy atom. The summed E-state index contributed by atoms with van der Waals surface area (Å²) >= 11 is 1.76. The molecule has 1 heterocycles. The summed E-state index contributed by atoms with van der Waals surface area (Å²) in [6, 6.07) is 0. The third-order valence-corrected chi connectivity index (χ3v) is 3.79. The molecule has 0 bridgehead atoms. The quantitative estimate of drug-likeness (QED) is 0.717. The zero-order valence-electron chi connectivity index (χ0n) is 8.78. The van der Waals surface area contributed by atoms with Crippen LogP contribution in [0.5, 0.6) is 0 Å². The third kappa shape index (κ3) is 2.23. The van der Waals surface area contributed by atoms with Gasteiger partial charge < -0.3 is 9.84 Å². The van der Waals surface area contributed by atoms with Crippen molar-refractivity contribution in [3.8, 4) is 0 Å². The first-order valence-electron chi connectivity index (χ1n) is 4.97. The molecule has 2 atom stereocenters. The van der Waals surface area contributed by atoms with Crippen LogP contribution in [0.2, 0.25) is 0 Å². The highest BCUT2D eigenvalue weighted by molar-refractivity contribution is 7.98. The number of hydrogen-bond donors (Lipinski definition) is 1. The van der Waals surface area contributed by atoms with Crippen molar-refractivity contribution in [3.05, 3.63) is 0 Å². The molecule has 0 radical (unpaired) electrons. The van der Waals surface area contributed by atoms with E-state index in [1.807, 2.05) is 13.2 Å². The van der Waals surface area contributed by atoms with Crippen LogP contribution in [0.15, 0.2) is 0 Å². The van der Waals surface area contributed by atoms with Gasteiger partial charge in [-0.25, -0.2) is 0 Å². The maximum Gasteiger partial charge on any atom is 0.312 e. The molecule has 4 heteroatoms. The second kappa shape index (κ2) is 5.03. The average molecular weight is 218 g/mol. The molecule has 1 N–H and O–H groups in total. The molecule has 82 valence electrons. The lowest BCUT2D eigenvalue weighted by Gasteiger charge is -2.27. The minimum atomic E-state index is -0.691. The van der Waals surface area contributed by atoms with E-state index in [-0.39, 0.29) is 6.10 Å². The van der Waals surface area contributed by atoms with Crippen LogP contribution in [0.3, 0.4) is 0 Å². The van der Waals surface area contributed by atoms with Crippen molar-refractivity contribution >= 4 is 17.7 Å². The predicted molar refractivity (Wildman–Crippen MR) is 57.7 cm³/mol. The molecular formula is C10H18O3S. The largest absolute Gasteiger partial charge is 0.481 e. The molecule has 0 aromatic heterocycles. The topological polar surface area (TPSA) is 46.5 Å². The molecule has 2 unspecified atom stereocenters. The number of ether oxygens (including phenoxy) is 1. The average Bonchev–Trinajstić information content (AvgIpc) is 2.49. The van der Waals surface area contributed by atoms with Crippen molar-refractivity contribution in [3.63, 3.8) is 0 Å². The number of thioether (sulfide) groups is 1. The molecule has 0 aromatic carbocycles. The zero-order chi connectivity index (χ0) is 10.6. The Kier molecular flexibility index (Phi) is 4.26. The Labute approximate surface area is 89.2 Å². The summed E-state index contributed by atoms with van der Waals surface area (Å²) in [5, 5.41) is 9.25. The number of carboxylic acid groups (broad SMARTS) is 1. The summed E-state index contributed by atoms with van der Waals surface area (Å²) in [5.74, 6) is 0.338. The van der Waals surface area contributed by atoms with Crippen LogP contribution in [0.25, 0.3) is 0 Å². The van der Waals surface area contributed by atoms with Crippen LogP contribution in [0, 0.1) is 5.41 Å². The van der Waals surface area contributed by atoms with Crippen LogP contribution in [-0.4, -0.2) is 35.8 Å². The van der Waals surface area contributed by atoms with E-state index < -0.39 is 11.4 Å². The molecule has 1 fully saturated rings. The number of carboxylic acids is 1. The zero-order valence-corrected chi connectivity index (χ0v) is 9.60. The van der Waals surface area contributed by atoms with E-state index in [0.29, 0.717) is 13.0 Å². The molecule has 1 aliphatic heterocycles. The molecular weight excluding hydrogens is 200 g/mol. The number of aliphatic carboxylic acids is 1. The van der Waals surface area contributed by atoms with Gasteiger partial charge in [-0.15, -0.1) is 0 Å². The van der Waals surface area contributed by atoms with Crippen LogP contribution < -0.4 is 0 Å². The van der Waals surface area contributed by atoms with Gasteiger partial charge in [0.15, 0.2) is 0 Å². The molecule has 0 amide bonds. The first-order valence-corrected chi connectivity index (χ1v) is 6.37. The highest BCUT2D eigenvalue weighted by Gasteiger charge is 2.47. The minimum absolute atomic E-state index is 0.137. The van der Waals surface area contributed by atoms with Gasteiger partial charge in [0, 0.05) is 6.61 Å². The lowest BCUT2D eigenvalue weighted by molar-refractivity contribution is -0.152. The number of rotatable bonds is 5. The van der Waals surface area contributed by atoms with Crippen molar-refractivity contribution in [2.45, 2.75) is 32.3 Å². The van der Waals surface area contributed by atoms with Gasteiger partial charge >= 0.3 is 5.97 Å². The van der Waals surface area contributed by atoms with Gasteiger partial charge in [-0.1, -0.05) is 0 Å². The van der Waals surface area contributed by atoms with Gasteiger partial charge in [0.2, 0.25) is 0 Å². The molecule has 14 heavy (non-hydrogen) atoms. The van der Waals surface area contributed by atoms with Gasteiger partial charge in [0.05, 0.1) is 11.5 Å². The first kappa shape index (κ1) is 11.9. The summed E-state index contributed by atoms with van der Waals surface area (Å²) < 4.78 is 5.37. The van der Waals surface area contributed by atoms with E-state index in [4.69, 9.17) is 4.74 Å². The Morgan fingerprint density at radius 3 is 2.86 bits per heavy atom. The summed E-state index contributed by atoms with van der Waals surface area (Å²) in [6.45, 7) is 2.47. The fourth-order valence-electron chi connectivity index (χ4n) is 2.03. The fraction of sp³-hybridized carbons (Fsp3) is 0.900. The van der Waals surface area contributed by atoms with E-state index in [2.05, 4.69) is 0 Å². The molecule has 1 aliphatic rings. The molecule has 0 aliphatic carbocycles. The second-order valence-electron chi connectivity index (χ2n) is 3.82. The van der Waals surface area contributed by atoms with E-state index in [9.17, 15) is 9.90 Å². The highest BCUT2D eigenvalue weighted by Crippen LogP contribution is 2.39. The first-order chi connectivity index (χ1) is 6.63. The summed E-state index contributed by atoms with van der Waals surface area (Å²) in [7, 11) is 0. The lowest BCUT2D eigenvalue weighted by atomic mass is 9.78. The van der Waals surface area contributed by atoms with Crippen molar-refractivity contribution in [2.75, 3.05) is 18.6 Å². The van der Waals surface area contributed by atoms with Gasteiger partial charge in [-0.05, 0) is 38.2 Å². The van der Waals surface area contributed by atoms with Crippen molar-refractivity contribution in [2.24, 2.45) is 5.41 Å². The second-order valence-corrected chi connectivity index (χ2v) is 4.81. The fourth-order valence-corrected chi connectivity index (χ4v) is 2.46. The molecule has 0 saturated carbocycles. The minimum Gasteiger partial charge on any atom is -0.481 e. The van der Waals surface area contributed by atoms with E-state index in [0.717, 1.165) is 18.6 Å². The van der Waals surface area contributed by atoms with E-state index in [1.54, 1.807) is 11.8 Å². The van der Waals surface area contributed by atoms with E-state index >= 15 is 0 Å². The maximum atomic E-state index is 11.2. The van der Waals surface area contributed by atoms with Crippen LogP contribution in [-0.2, 0) is 9.53 Å². The Hall–Kier alpha value is -0.220. The maximum absolute atomic E-state index is 11.2. The Bertz CT molecular complexity index is 208. The molecule has 1 saturated heterocycles. The summed E-state index contributed by atoms with van der Waals surface area (Å²) in [4.78, 5) is 11.2. The molecule has 1 rings (SSSR count). The van der Waals surface area contributed by atoms with Crippen molar-refractivity contribution < 1.29 is 14.6 Å². The number of hydrogen-bond acceptors (Lipinski definition) is 3.